The molecule has 2 aromatic carbocycles. The number of carbonyl (C=O) groups excluding carboxylic acids is 1. The van der Waals surface area contributed by atoms with Gasteiger partial charge in [0.2, 0.25) is 0 Å². The smallest absolute Gasteiger partial charge is 0.162 e. The van der Waals surface area contributed by atoms with Crippen molar-refractivity contribution in [2.75, 3.05) is 13.1 Å². The molecule has 2 fully saturated rings. The van der Waals surface area contributed by atoms with E-state index in [9.17, 15) is 4.79 Å². The van der Waals surface area contributed by atoms with Crippen molar-refractivity contribution in [3.8, 4) is 0 Å². The number of rotatable bonds is 5. The minimum atomic E-state index is 0.104. The second kappa shape index (κ2) is 13.0. The maximum absolute atomic E-state index is 11.1. The number of carbonyl (C=O) groups is 1. The summed E-state index contributed by atoms with van der Waals surface area (Å²) in [5.74, 6) is 0.686. The number of hydrogen-bond acceptors (Lipinski definition) is 3. The van der Waals surface area contributed by atoms with Gasteiger partial charge in [0.25, 0.3) is 0 Å². The van der Waals surface area contributed by atoms with Gasteiger partial charge in [-0.15, -0.1) is 0 Å². The highest BCUT2D eigenvalue weighted by Crippen LogP contribution is 2.32. The minimum Gasteiger partial charge on any atom is -0.316 e. The van der Waals surface area contributed by atoms with Crippen molar-refractivity contribution in [3.05, 3.63) is 94.3 Å². The van der Waals surface area contributed by atoms with Gasteiger partial charge >= 0.3 is 0 Å². The standard InChI is InChI=1S/C22H27N.C11H16N2O/c1-16(2)18-8-10-20(11-9-18)22(21-12-14-23-15-13-21)19-6-4-17(3)5-7-19;1-9(14)10-7-12-13(8-10)11-5-3-2-4-6-11/h4-11,16,23H,12-15H2,1-3H3;7-8,11H,2-6H2,1H3. The van der Waals surface area contributed by atoms with Crippen molar-refractivity contribution < 1.29 is 4.79 Å². The Kier molecular flexibility index (Phi) is 9.51. The van der Waals surface area contributed by atoms with E-state index < -0.39 is 0 Å². The third-order valence-corrected chi connectivity index (χ3v) is 7.72. The first-order chi connectivity index (χ1) is 17.9. The Hall–Kier alpha value is -2.98. The van der Waals surface area contributed by atoms with Crippen LogP contribution < -0.4 is 5.32 Å². The molecule has 2 aliphatic rings. The number of aryl methyl sites for hydroxylation is 1. The summed E-state index contributed by atoms with van der Waals surface area (Å²) in [5.41, 5.74) is 9.20. The summed E-state index contributed by atoms with van der Waals surface area (Å²) < 4.78 is 1.97. The molecule has 0 radical (unpaired) electrons. The molecule has 5 rings (SSSR count). The van der Waals surface area contributed by atoms with Crippen LogP contribution in [-0.4, -0.2) is 28.7 Å². The molecule has 0 bridgehead atoms. The van der Waals surface area contributed by atoms with Gasteiger partial charge in [-0.25, -0.2) is 0 Å². The highest BCUT2D eigenvalue weighted by molar-refractivity contribution is 5.93. The number of aromatic nitrogens is 2. The first kappa shape index (κ1) is 27.1. The molecule has 0 atom stereocenters. The highest BCUT2D eigenvalue weighted by Gasteiger charge is 2.17. The van der Waals surface area contributed by atoms with Crippen molar-refractivity contribution in [1.29, 1.82) is 0 Å². The van der Waals surface area contributed by atoms with E-state index in [4.69, 9.17) is 0 Å². The third-order valence-electron chi connectivity index (χ3n) is 7.72. The van der Waals surface area contributed by atoms with E-state index in [2.05, 4.69) is 79.7 Å². The second-order valence-electron chi connectivity index (χ2n) is 10.9. The zero-order chi connectivity index (χ0) is 26.2. The lowest BCUT2D eigenvalue weighted by molar-refractivity contribution is 0.101. The molecule has 4 heteroatoms. The molecule has 196 valence electrons. The molecule has 1 saturated heterocycles. The highest BCUT2D eigenvalue weighted by atomic mass is 16.1. The van der Waals surface area contributed by atoms with E-state index in [1.165, 1.54) is 59.9 Å². The zero-order valence-electron chi connectivity index (χ0n) is 23.1. The van der Waals surface area contributed by atoms with E-state index in [1.807, 2.05) is 10.9 Å². The van der Waals surface area contributed by atoms with Crippen LogP contribution in [-0.2, 0) is 0 Å². The van der Waals surface area contributed by atoms with E-state index in [0.717, 1.165) is 31.5 Å². The summed E-state index contributed by atoms with van der Waals surface area (Å²) in [6.45, 7) is 10.4. The van der Waals surface area contributed by atoms with Crippen LogP contribution in [0.15, 0.2) is 66.5 Å². The van der Waals surface area contributed by atoms with Crippen LogP contribution in [0.3, 0.4) is 0 Å². The molecule has 0 unspecified atom stereocenters. The molecule has 1 N–H and O–H groups in total. The van der Waals surface area contributed by atoms with Crippen molar-refractivity contribution >= 4 is 11.4 Å². The van der Waals surface area contributed by atoms with E-state index in [-0.39, 0.29) is 5.78 Å². The predicted octanol–water partition coefficient (Wildman–Crippen LogP) is 7.89. The molecule has 1 saturated carbocycles. The van der Waals surface area contributed by atoms with Gasteiger partial charge in [0.05, 0.1) is 17.8 Å². The lowest BCUT2D eigenvalue weighted by atomic mass is 9.87. The predicted molar refractivity (Wildman–Crippen MR) is 154 cm³/mol. The van der Waals surface area contributed by atoms with Gasteiger partial charge < -0.3 is 5.32 Å². The van der Waals surface area contributed by atoms with Crippen LogP contribution >= 0.6 is 0 Å². The summed E-state index contributed by atoms with van der Waals surface area (Å²) in [7, 11) is 0. The maximum atomic E-state index is 11.1. The summed E-state index contributed by atoms with van der Waals surface area (Å²) in [6, 6.07) is 18.7. The van der Waals surface area contributed by atoms with E-state index >= 15 is 0 Å². The molecule has 0 amide bonds. The molecule has 4 nitrogen and oxygen atoms in total. The van der Waals surface area contributed by atoms with Gasteiger partial charge in [-0.3, -0.25) is 9.48 Å². The molecule has 1 aliphatic heterocycles. The SMILES string of the molecule is CC(=O)c1cnn(C2CCCCC2)c1.Cc1ccc(C(=C2CCNCC2)c2ccc(C(C)C)cc2)cc1. The number of nitrogens with zero attached hydrogens (tertiary/aromatic N) is 2. The van der Waals surface area contributed by atoms with Crippen molar-refractivity contribution in [1.82, 2.24) is 15.1 Å². The van der Waals surface area contributed by atoms with Gasteiger partial charge in [-0.05, 0) is 80.8 Å². The third kappa shape index (κ3) is 7.29. The minimum absolute atomic E-state index is 0.104. The van der Waals surface area contributed by atoms with Gasteiger partial charge in [-0.2, -0.15) is 5.10 Å². The fraction of sp³-hybridized carbons (Fsp3) is 0.455. The van der Waals surface area contributed by atoms with Crippen LogP contribution in [0.2, 0.25) is 0 Å². The second-order valence-corrected chi connectivity index (χ2v) is 10.9. The summed E-state index contributed by atoms with van der Waals surface area (Å²) in [5, 5.41) is 7.73. The molecular weight excluding hydrogens is 454 g/mol. The normalized spacial score (nSPS) is 16.3. The number of nitrogens with one attached hydrogen (secondary N) is 1. The van der Waals surface area contributed by atoms with Crippen molar-refractivity contribution in [2.45, 2.75) is 84.6 Å². The summed E-state index contributed by atoms with van der Waals surface area (Å²) in [6.07, 6.45) is 12.2. The summed E-state index contributed by atoms with van der Waals surface area (Å²) in [4.78, 5) is 11.1. The van der Waals surface area contributed by atoms with Gasteiger partial charge in [0.15, 0.2) is 5.78 Å². The van der Waals surface area contributed by atoms with Crippen LogP contribution in [0.1, 0.15) is 110 Å². The van der Waals surface area contributed by atoms with Gasteiger partial charge in [0, 0.05) is 6.20 Å². The van der Waals surface area contributed by atoms with Crippen LogP contribution in [0.4, 0.5) is 0 Å². The maximum Gasteiger partial charge on any atom is 0.162 e. The lowest BCUT2D eigenvalue weighted by Crippen LogP contribution is -2.23. The number of piperidine rings is 1. The molecule has 1 aromatic heterocycles. The first-order valence-corrected chi connectivity index (χ1v) is 14.1. The monoisotopic (exact) mass is 497 g/mol. The average molecular weight is 498 g/mol. The number of Topliss-reactive ketones (excluding diaryl/α,β-unsaturated/α-hetero) is 1. The molecule has 2 heterocycles. The largest absolute Gasteiger partial charge is 0.316 e. The van der Waals surface area contributed by atoms with E-state index in [0.29, 0.717) is 12.0 Å². The Labute approximate surface area is 223 Å². The van der Waals surface area contributed by atoms with Crippen molar-refractivity contribution in [3.63, 3.8) is 0 Å². The van der Waals surface area contributed by atoms with Crippen LogP contribution in [0, 0.1) is 6.92 Å². The molecular formula is C33H43N3O. The fourth-order valence-electron chi connectivity index (χ4n) is 5.37. The van der Waals surface area contributed by atoms with Crippen LogP contribution in [0.5, 0.6) is 0 Å². The Morgan fingerprint density at radius 1 is 0.892 bits per heavy atom. The topological polar surface area (TPSA) is 46.9 Å². The summed E-state index contributed by atoms with van der Waals surface area (Å²) >= 11 is 0. The van der Waals surface area contributed by atoms with Gasteiger partial charge in [-0.1, -0.05) is 92.8 Å². The van der Waals surface area contributed by atoms with Crippen molar-refractivity contribution in [2.24, 2.45) is 0 Å². The average Bonchev–Trinajstić information content (AvgIpc) is 3.43. The fourth-order valence-corrected chi connectivity index (χ4v) is 5.37. The molecule has 37 heavy (non-hydrogen) atoms. The molecule has 1 aliphatic carbocycles. The quantitative estimate of drug-likeness (QED) is 0.365. The van der Waals surface area contributed by atoms with E-state index in [1.54, 1.807) is 18.7 Å². The Morgan fingerprint density at radius 3 is 2.03 bits per heavy atom. The Bertz CT molecular complexity index is 1170. The van der Waals surface area contributed by atoms with Crippen LogP contribution in [0.25, 0.3) is 5.57 Å². The number of benzene rings is 2. The molecule has 0 spiro atoms. The lowest BCUT2D eigenvalue weighted by Gasteiger charge is -2.21. The Balaban J connectivity index is 0.000000195. The Morgan fingerprint density at radius 2 is 1.49 bits per heavy atom. The first-order valence-electron chi connectivity index (χ1n) is 14.1. The number of ketones is 1. The number of hydrogen-bond donors (Lipinski definition) is 1. The zero-order valence-corrected chi connectivity index (χ0v) is 23.1. The van der Waals surface area contributed by atoms with Gasteiger partial charge in [0.1, 0.15) is 0 Å². The molecule has 3 aromatic rings.